The second-order valence-electron chi connectivity index (χ2n) is 14.4. The van der Waals surface area contributed by atoms with Crippen molar-refractivity contribution < 1.29 is 28.6 Å². The Morgan fingerprint density at radius 2 is 0.925 bits per heavy atom. The molecule has 0 aliphatic rings. The lowest BCUT2D eigenvalue weighted by Crippen LogP contribution is -2.44. The number of allylic oxidation sites excluding steroid dienone is 8. The monoisotopic (exact) mass is 745 g/mol. The quantitative estimate of drug-likeness (QED) is 0.0293. The van der Waals surface area contributed by atoms with Crippen LogP contribution in [0.4, 0.5) is 4.79 Å². The lowest BCUT2D eigenvalue weighted by molar-refractivity contribution is -0.152. The molecule has 0 heterocycles. The number of rotatable bonds is 37. The molecule has 0 rings (SSSR count). The number of unbranched alkanes of at least 4 members (excludes halogenated alkanes) is 18. The third kappa shape index (κ3) is 38.7. The molecule has 0 aliphatic heterocycles. The maximum atomic E-state index is 12.9. The maximum absolute atomic E-state index is 12.9. The van der Waals surface area contributed by atoms with E-state index in [0.29, 0.717) is 13.2 Å². The molecule has 0 aromatic heterocycles. The highest BCUT2D eigenvalue weighted by Gasteiger charge is 2.27. The van der Waals surface area contributed by atoms with Crippen molar-refractivity contribution in [2.45, 2.75) is 180 Å². The van der Waals surface area contributed by atoms with Gasteiger partial charge in [-0.25, -0.2) is 9.59 Å². The fourth-order valence-electron chi connectivity index (χ4n) is 5.56. The summed E-state index contributed by atoms with van der Waals surface area (Å²) < 4.78 is 16.1. The molecule has 1 amide bonds. The van der Waals surface area contributed by atoms with Crippen LogP contribution in [0.25, 0.3) is 0 Å². The largest absolute Gasteiger partial charge is 0.466 e. The molecule has 0 aliphatic carbocycles. The Labute approximate surface area is 325 Å². The summed E-state index contributed by atoms with van der Waals surface area (Å²) in [5.74, 6) is -1.17. The predicted octanol–water partition coefficient (Wildman–Crippen LogP) is 11.7. The molecule has 8 nitrogen and oxygen atoms in total. The first-order valence-corrected chi connectivity index (χ1v) is 21.4. The number of esters is 2. The van der Waals surface area contributed by atoms with Crippen molar-refractivity contribution in [2.24, 2.45) is 0 Å². The SMILES string of the molecule is CCCCC/C=C\C/C=C\CCCCCCCCOC(=O)C[C@H](NC(=O)OCCN(C)C)C(=O)OCCCCCCCC/C=C\C/C=C\CCCCC. The molecule has 8 heteroatoms. The van der Waals surface area contributed by atoms with E-state index in [-0.39, 0.29) is 19.6 Å². The van der Waals surface area contributed by atoms with Crippen LogP contribution in [0.3, 0.4) is 0 Å². The molecule has 306 valence electrons. The van der Waals surface area contributed by atoms with Gasteiger partial charge in [-0.1, -0.05) is 140 Å². The van der Waals surface area contributed by atoms with E-state index in [9.17, 15) is 14.4 Å². The summed E-state index contributed by atoms with van der Waals surface area (Å²) in [5.41, 5.74) is 0. The van der Waals surface area contributed by atoms with Crippen molar-refractivity contribution in [3.63, 3.8) is 0 Å². The van der Waals surface area contributed by atoms with Crippen molar-refractivity contribution in [1.82, 2.24) is 10.2 Å². The number of nitrogens with zero attached hydrogens (tertiary/aromatic N) is 1. The Balaban J connectivity index is 4.20. The predicted molar refractivity (Wildman–Crippen MR) is 222 cm³/mol. The van der Waals surface area contributed by atoms with Crippen LogP contribution < -0.4 is 5.32 Å². The zero-order valence-electron chi connectivity index (χ0n) is 34.6. The summed E-state index contributed by atoms with van der Waals surface area (Å²) >= 11 is 0. The second kappa shape index (κ2) is 40.3. The standard InChI is InChI=1S/C45H80N2O6/c1-5-7-9-11-13-15-17-19-21-23-25-27-29-31-33-35-38-51-43(48)41-42(46-45(50)53-40-37-47(3)4)44(49)52-39-36-34-32-30-28-26-24-22-20-18-16-14-12-10-8-6-2/h13-16,19-22,42H,5-12,17-18,23-41H2,1-4H3,(H,46,50)/b15-13-,16-14-,21-19-,22-20-/t42-/m0/s1. The zero-order chi connectivity index (χ0) is 38.9. The smallest absolute Gasteiger partial charge is 0.407 e. The average Bonchev–Trinajstić information content (AvgIpc) is 3.13. The van der Waals surface area contributed by atoms with Crippen molar-refractivity contribution in [1.29, 1.82) is 0 Å². The normalized spacial score (nSPS) is 12.5. The van der Waals surface area contributed by atoms with Gasteiger partial charge in [0.2, 0.25) is 0 Å². The van der Waals surface area contributed by atoms with Gasteiger partial charge in [0.25, 0.3) is 0 Å². The molecule has 0 aromatic rings. The van der Waals surface area contributed by atoms with E-state index >= 15 is 0 Å². The highest BCUT2D eigenvalue weighted by atomic mass is 16.6. The van der Waals surface area contributed by atoms with E-state index < -0.39 is 24.1 Å². The summed E-state index contributed by atoms with van der Waals surface area (Å²) in [6.07, 6.45) is 44.4. The van der Waals surface area contributed by atoms with Crippen LogP contribution in [0.5, 0.6) is 0 Å². The van der Waals surface area contributed by atoms with Gasteiger partial charge in [-0.05, 0) is 91.1 Å². The Morgan fingerprint density at radius 3 is 1.38 bits per heavy atom. The van der Waals surface area contributed by atoms with E-state index in [1.54, 1.807) is 0 Å². The molecule has 0 spiro atoms. The summed E-state index contributed by atoms with van der Waals surface area (Å²) in [6.45, 7) is 5.74. The van der Waals surface area contributed by atoms with Gasteiger partial charge in [-0.2, -0.15) is 0 Å². The number of carbonyl (C=O) groups excluding carboxylic acids is 3. The van der Waals surface area contributed by atoms with Crippen LogP contribution >= 0.6 is 0 Å². The number of hydrogen-bond acceptors (Lipinski definition) is 7. The Bertz CT molecular complexity index is 974. The van der Waals surface area contributed by atoms with E-state index in [1.165, 1.54) is 83.5 Å². The topological polar surface area (TPSA) is 94.2 Å². The third-order valence-corrected chi connectivity index (χ3v) is 8.92. The first kappa shape index (κ1) is 50.1. The molecule has 0 unspecified atom stereocenters. The lowest BCUT2D eigenvalue weighted by Gasteiger charge is -2.18. The van der Waals surface area contributed by atoms with E-state index in [0.717, 1.165) is 70.6 Å². The number of ether oxygens (including phenoxy) is 3. The number of nitrogens with one attached hydrogen (secondary N) is 1. The number of carbonyl (C=O) groups is 3. The highest BCUT2D eigenvalue weighted by molar-refractivity contribution is 5.86. The summed E-state index contributed by atoms with van der Waals surface area (Å²) in [5, 5.41) is 2.51. The molecule has 0 aromatic carbocycles. The second-order valence-corrected chi connectivity index (χ2v) is 14.4. The fraction of sp³-hybridized carbons (Fsp3) is 0.756. The van der Waals surface area contributed by atoms with Gasteiger partial charge in [-0.15, -0.1) is 0 Å². The van der Waals surface area contributed by atoms with Crippen LogP contribution in [0.15, 0.2) is 48.6 Å². The van der Waals surface area contributed by atoms with Crippen LogP contribution in [-0.2, 0) is 23.8 Å². The molecule has 0 saturated heterocycles. The molecule has 53 heavy (non-hydrogen) atoms. The van der Waals surface area contributed by atoms with E-state index in [1.807, 2.05) is 19.0 Å². The van der Waals surface area contributed by atoms with Gasteiger partial charge in [0.1, 0.15) is 12.6 Å². The molecule has 0 saturated carbocycles. The van der Waals surface area contributed by atoms with Crippen molar-refractivity contribution in [3.8, 4) is 0 Å². The minimum Gasteiger partial charge on any atom is -0.466 e. The fourth-order valence-corrected chi connectivity index (χ4v) is 5.56. The average molecular weight is 745 g/mol. The van der Waals surface area contributed by atoms with Gasteiger partial charge in [0.15, 0.2) is 0 Å². The van der Waals surface area contributed by atoms with E-state index in [2.05, 4.69) is 67.8 Å². The molecule has 1 N–H and O–H groups in total. The van der Waals surface area contributed by atoms with Crippen molar-refractivity contribution >= 4 is 18.0 Å². The number of amides is 1. The zero-order valence-corrected chi connectivity index (χ0v) is 34.6. The Hall–Kier alpha value is -2.87. The molecule has 1 atom stereocenters. The highest BCUT2D eigenvalue weighted by Crippen LogP contribution is 2.11. The van der Waals surface area contributed by atoms with Gasteiger partial charge in [-0.3, -0.25) is 4.79 Å². The van der Waals surface area contributed by atoms with Crippen molar-refractivity contribution in [3.05, 3.63) is 48.6 Å². The summed E-state index contributed by atoms with van der Waals surface area (Å²) in [7, 11) is 3.75. The minimum absolute atomic E-state index is 0.172. The van der Waals surface area contributed by atoms with E-state index in [4.69, 9.17) is 14.2 Å². The molecule has 0 radical (unpaired) electrons. The molecule has 0 bridgehead atoms. The number of hydrogen-bond donors (Lipinski definition) is 1. The molecule has 0 fully saturated rings. The number of alkyl carbamates (subject to hydrolysis) is 1. The van der Waals surface area contributed by atoms with Gasteiger partial charge in [0, 0.05) is 6.54 Å². The van der Waals surface area contributed by atoms with Crippen LogP contribution in [0, 0.1) is 0 Å². The van der Waals surface area contributed by atoms with Gasteiger partial charge in [0.05, 0.1) is 19.6 Å². The van der Waals surface area contributed by atoms with Gasteiger partial charge < -0.3 is 24.4 Å². The first-order chi connectivity index (χ1) is 25.9. The molecular formula is C45H80N2O6. The first-order valence-electron chi connectivity index (χ1n) is 21.4. The Morgan fingerprint density at radius 1 is 0.509 bits per heavy atom. The van der Waals surface area contributed by atoms with Crippen LogP contribution in [0.1, 0.15) is 174 Å². The minimum atomic E-state index is -1.14. The Kier molecular flexibility index (Phi) is 38.1. The van der Waals surface area contributed by atoms with Crippen LogP contribution in [0.2, 0.25) is 0 Å². The van der Waals surface area contributed by atoms with Crippen LogP contribution in [-0.4, -0.2) is 69.4 Å². The molecular weight excluding hydrogens is 665 g/mol. The number of likely N-dealkylation sites (N-methyl/N-ethyl adjacent to an activating group) is 1. The summed E-state index contributed by atoms with van der Waals surface area (Å²) in [4.78, 5) is 39.7. The maximum Gasteiger partial charge on any atom is 0.407 e. The van der Waals surface area contributed by atoms with Crippen molar-refractivity contribution in [2.75, 3.05) is 40.5 Å². The lowest BCUT2D eigenvalue weighted by atomic mass is 10.1. The summed E-state index contributed by atoms with van der Waals surface area (Å²) in [6, 6.07) is -1.14. The van der Waals surface area contributed by atoms with Gasteiger partial charge >= 0.3 is 18.0 Å². The third-order valence-electron chi connectivity index (χ3n) is 8.92.